The van der Waals surface area contributed by atoms with Crippen molar-refractivity contribution in [2.24, 2.45) is 5.73 Å². The molecule has 1 aliphatic heterocycles. The van der Waals surface area contributed by atoms with Crippen LogP contribution >= 0.6 is 0 Å². The summed E-state index contributed by atoms with van der Waals surface area (Å²) >= 11 is 0. The van der Waals surface area contributed by atoms with Gasteiger partial charge in [-0.25, -0.2) is 4.79 Å². The number of benzene rings is 2. The number of hydrogen-bond donors (Lipinski definition) is 2. The molecule has 1 aromatic heterocycles. The van der Waals surface area contributed by atoms with Crippen molar-refractivity contribution in [3.05, 3.63) is 64.6 Å². The molecule has 0 radical (unpaired) electrons. The van der Waals surface area contributed by atoms with Crippen LogP contribution in [0.1, 0.15) is 19.4 Å². The summed E-state index contributed by atoms with van der Waals surface area (Å²) < 4.78 is 34.0. The van der Waals surface area contributed by atoms with E-state index in [9.17, 15) is 4.79 Å². The molecule has 3 aromatic rings. The van der Waals surface area contributed by atoms with Gasteiger partial charge in [-0.2, -0.15) is 0 Å². The van der Waals surface area contributed by atoms with Gasteiger partial charge in [-0.05, 0) is 44.2 Å². The lowest BCUT2D eigenvalue weighted by Gasteiger charge is -2.27. The highest BCUT2D eigenvalue weighted by molar-refractivity contribution is 5.83. The van der Waals surface area contributed by atoms with Gasteiger partial charge in [-0.3, -0.25) is 0 Å². The van der Waals surface area contributed by atoms with Gasteiger partial charge in [0.1, 0.15) is 11.3 Å². The smallest absolute Gasteiger partial charge is 0.345 e. The van der Waals surface area contributed by atoms with E-state index in [1.165, 1.54) is 0 Å². The molecule has 0 unspecified atom stereocenters. The average molecular weight is 597 g/mol. The van der Waals surface area contributed by atoms with Crippen molar-refractivity contribution in [1.82, 2.24) is 0 Å². The first-order valence-corrected chi connectivity index (χ1v) is 14.8. The maximum Gasteiger partial charge on any atom is 0.345 e. The van der Waals surface area contributed by atoms with Gasteiger partial charge in [0, 0.05) is 61.3 Å². The molecule has 43 heavy (non-hydrogen) atoms. The quantitative estimate of drug-likeness (QED) is 0.368. The van der Waals surface area contributed by atoms with Gasteiger partial charge < -0.3 is 49.0 Å². The van der Waals surface area contributed by atoms with Crippen molar-refractivity contribution < 1.29 is 28.1 Å². The number of nitrogens with zero attached hydrogens (tertiary/aromatic N) is 2. The maximum atomic E-state index is 12.8. The first kappa shape index (κ1) is 32.2. The fourth-order valence-electron chi connectivity index (χ4n) is 4.82. The standard InChI is InChI=1S/C32H44N4O7/c1-4-35(5-2)26-8-6-24-20-27(32(37)43-30(24)22-26)28(33)23-34-25-7-9-29(31(21-25)38-3)36-10-12-39-14-16-41-18-19-42-17-15-40-13-11-36/h6-9,20-23,34H,4-5,10-19,33H2,1-3H3/b28-23-. The van der Waals surface area contributed by atoms with Crippen LogP contribution in [0.3, 0.4) is 0 Å². The van der Waals surface area contributed by atoms with E-state index in [-0.39, 0.29) is 11.3 Å². The Bertz CT molecular complexity index is 1370. The Morgan fingerprint density at radius 2 is 1.53 bits per heavy atom. The number of nitrogens with one attached hydrogen (secondary N) is 1. The topological polar surface area (TPSA) is 121 Å². The molecule has 0 amide bonds. The molecule has 2 heterocycles. The normalized spacial score (nSPS) is 16.3. The van der Waals surface area contributed by atoms with Gasteiger partial charge in [-0.15, -0.1) is 0 Å². The molecule has 11 heteroatoms. The van der Waals surface area contributed by atoms with E-state index < -0.39 is 5.63 Å². The zero-order chi connectivity index (χ0) is 30.4. The van der Waals surface area contributed by atoms with Crippen molar-refractivity contribution in [3.8, 4) is 5.75 Å². The SMILES string of the molecule is CCN(CC)c1ccc2cc(/C(N)=C/Nc3ccc(N4CCOCCOCCOCCOCC4)c(OC)c3)c(=O)oc2c1. The molecule has 0 spiro atoms. The zero-order valence-electron chi connectivity index (χ0n) is 25.4. The lowest BCUT2D eigenvalue weighted by molar-refractivity contribution is 0.00206. The predicted molar refractivity (Wildman–Crippen MR) is 170 cm³/mol. The number of fused-ring (bicyclic) bond motifs is 1. The zero-order valence-corrected chi connectivity index (χ0v) is 25.4. The lowest BCUT2D eigenvalue weighted by Crippen LogP contribution is -2.32. The van der Waals surface area contributed by atoms with Crippen LogP contribution in [0, 0.1) is 0 Å². The summed E-state index contributed by atoms with van der Waals surface area (Å²) in [5.41, 5.74) is 9.59. The highest BCUT2D eigenvalue weighted by Gasteiger charge is 2.14. The minimum absolute atomic E-state index is 0.263. The monoisotopic (exact) mass is 596 g/mol. The number of anilines is 3. The summed E-state index contributed by atoms with van der Waals surface area (Å²) in [6, 6.07) is 13.4. The Hall–Kier alpha value is -3.77. The molecular formula is C32H44N4O7. The lowest BCUT2D eigenvalue weighted by atomic mass is 10.1. The van der Waals surface area contributed by atoms with Crippen LogP contribution in [-0.4, -0.2) is 86.1 Å². The molecule has 3 N–H and O–H groups in total. The molecule has 4 rings (SSSR count). The highest BCUT2D eigenvalue weighted by Crippen LogP contribution is 2.31. The number of ether oxygens (including phenoxy) is 5. The van der Waals surface area contributed by atoms with Crippen molar-refractivity contribution in [1.29, 1.82) is 0 Å². The minimum atomic E-state index is -0.493. The van der Waals surface area contributed by atoms with Crippen LogP contribution in [0.15, 0.2) is 57.9 Å². The van der Waals surface area contributed by atoms with Gasteiger partial charge in [-0.1, -0.05) is 0 Å². The van der Waals surface area contributed by atoms with Crippen LogP contribution in [0.2, 0.25) is 0 Å². The first-order chi connectivity index (χ1) is 21.0. The van der Waals surface area contributed by atoms with E-state index in [2.05, 4.69) is 29.0 Å². The van der Waals surface area contributed by atoms with E-state index >= 15 is 0 Å². The molecule has 0 atom stereocenters. The van der Waals surface area contributed by atoms with Crippen LogP contribution in [-0.2, 0) is 18.9 Å². The number of methoxy groups -OCH3 is 1. The highest BCUT2D eigenvalue weighted by atomic mass is 16.6. The second-order valence-corrected chi connectivity index (χ2v) is 9.91. The molecule has 0 saturated carbocycles. The van der Waals surface area contributed by atoms with Crippen molar-refractivity contribution in [2.75, 3.05) is 101 Å². The van der Waals surface area contributed by atoms with Gasteiger partial charge in [0.25, 0.3) is 0 Å². The molecule has 0 aliphatic carbocycles. The van der Waals surface area contributed by atoms with Gasteiger partial charge in [0.15, 0.2) is 0 Å². The predicted octanol–water partition coefficient (Wildman–Crippen LogP) is 3.90. The molecule has 1 saturated heterocycles. The van der Waals surface area contributed by atoms with Crippen LogP contribution < -0.4 is 31.2 Å². The maximum absolute atomic E-state index is 12.8. The van der Waals surface area contributed by atoms with E-state index in [4.69, 9.17) is 33.8 Å². The molecule has 234 valence electrons. The van der Waals surface area contributed by atoms with Gasteiger partial charge in [0.2, 0.25) is 0 Å². The third kappa shape index (κ3) is 9.11. The Kier molecular flexibility index (Phi) is 12.5. The fourth-order valence-corrected chi connectivity index (χ4v) is 4.82. The summed E-state index contributed by atoms with van der Waals surface area (Å²) in [4.78, 5) is 17.2. The largest absolute Gasteiger partial charge is 0.495 e. The summed E-state index contributed by atoms with van der Waals surface area (Å²) in [5, 5.41) is 3.99. The van der Waals surface area contributed by atoms with E-state index in [0.29, 0.717) is 77.3 Å². The summed E-state index contributed by atoms with van der Waals surface area (Å²) in [7, 11) is 1.63. The molecule has 1 fully saturated rings. The van der Waals surface area contributed by atoms with Gasteiger partial charge in [0.05, 0.1) is 76.9 Å². The van der Waals surface area contributed by atoms with Crippen LogP contribution in [0.5, 0.6) is 5.75 Å². The molecule has 11 nitrogen and oxygen atoms in total. The van der Waals surface area contributed by atoms with Gasteiger partial charge >= 0.3 is 5.63 Å². The average Bonchev–Trinajstić information content (AvgIpc) is 3.03. The van der Waals surface area contributed by atoms with E-state index in [0.717, 1.165) is 35.5 Å². The third-order valence-corrected chi connectivity index (χ3v) is 7.20. The van der Waals surface area contributed by atoms with E-state index in [1.807, 2.05) is 36.4 Å². The Morgan fingerprint density at radius 1 is 0.907 bits per heavy atom. The summed E-state index contributed by atoms with van der Waals surface area (Å²) in [5.74, 6) is 0.677. The molecular weight excluding hydrogens is 552 g/mol. The summed E-state index contributed by atoms with van der Waals surface area (Å²) in [6.07, 6.45) is 1.59. The summed E-state index contributed by atoms with van der Waals surface area (Å²) in [6.45, 7) is 11.5. The van der Waals surface area contributed by atoms with E-state index in [1.54, 1.807) is 19.4 Å². The molecule has 0 bridgehead atoms. The second kappa shape index (κ2) is 16.8. The van der Waals surface area contributed by atoms with Crippen LogP contribution in [0.4, 0.5) is 17.1 Å². The fraction of sp³-hybridized carbons (Fsp3) is 0.469. The Labute approximate surface area is 253 Å². The minimum Gasteiger partial charge on any atom is -0.495 e. The Balaban J connectivity index is 1.47. The third-order valence-electron chi connectivity index (χ3n) is 7.20. The van der Waals surface area contributed by atoms with Crippen molar-refractivity contribution in [2.45, 2.75) is 13.8 Å². The van der Waals surface area contributed by atoms with Crippen molar-refractivity contribution >= 4 is 33.7 Å². The first-order valence-electron chi connectivity index (χ1n) is 14.8. The molecule has 1 aliphatic rings. The molecule has 2 aromatic carbocycles. The van der Waals surface area contributed by atoms with Crippen LogP contribution in [0.25, 0.3) is 16.7 Å². The van der Waals surface area contributed by atoms with Crippen molar-refractivity contribution in [3.63, 3.8) is 0 Å². The second-order valence-electron chi connectivity index (χ2n) is 9.91. The number of hydrogen-bond acceptors (Lipinski definition) is 11. The number of rotatable bonds is 8. The number of nitrogens with two attached hydrogens (primary N) is 1. The Morgan fingerprint density at radius 3 is 2.14 bits per heavy atom.